The molecule has 2 aromatic heterocycles. The minimum Gasteiger partial charge on any atom is -0.384 e. The van der Waals surface area contributed by atoms with E-state index in [1.165, 1.54) is 63.4 Å². The minimum atomic E-state index is 0.506. The zero-order valence-electron chi connectivity index (χ0n) is 21.8. The fourth-order valence-corrected chi connectivity index (χ4v) is 5.09. The molecule has 0 aliphatic rings. The van der Waals surface area contributed by atoms with Gasteiger partial charge in [-0.15, -0.1) is 0 Å². The maximum Gasteiger partial charge on any atom is 0.123 e. The fraction of sp³-hybridized carbons (Fsp3) is 0.533. The van der Waals surface area contributed by atoms with Crippen molar-refractivity contribution < 1.29 is 0 Å². The first-order chi connectivity index (χ1) is 17.0. The molecule has 35 heavy (non-hydrogen) atoms. The van der Waals surface area contributed by atoms with Gasteiger partial charge in [0, 0.05) is 17.6 Å². The average Bonchev–Trinajstić information content (AvgIpc) is 2.85. The van der Waals surface area contributed by atoms with E-state index < -0.39 is 0 Å². The number of rotatable bonds is 15. The van der Waals surface area contributed by atoms with Crippen LogP contribution in [0.15, 0.2) is 42.6 Å². The number of anilines is 2. The highest BCUT2D eigenvalue weighted by atomic mass is 35.5. The lowest BCUT2D eigenvalue weighted by Crippen LogP contribution is -2.19. The van der Waals surface area contributed by atoms with E-state index in [4.69, 9.17) is 17.3 Å². The van der Waals surface area contributed by atoms with E-state index >= 15 is 0 Å². The monoisotopic (exact) mass is 494 g/mol. The Morgan fingerprint density at radius 1 is 0.914 bits per heavy atom. The van der Waals surface area contributed by atoms with Crippen molar-refractivity contribution in [3.63, 3.8) is 0 Å². The maximum absolute atomic E-state index is 6.13. The van der Waals surface area contributed by atoms with Gasteiger partial charge in [-0.05, 0) is 68.0 Å². The number of nitrogen functional groups attached to an aromatic ring is 1. The Morgan fingerprint density at radius 2 is 1.66 bits per heavy atom. The van der Waals surface area contributed by atoms with Crippen molar-refractivity contribution >= 4 is 34.0 Å². The second-order valence-corrected chi connectivity index (χ2v) is 10.4. The van der Waals surface area contributed by atoms with Crippen molar-refractivity contribution in [2.75, 3.05) is 11.1 Å². The van der Waals surface area contributed by atoms with Gasteiger partial charge in [0.25, 0.3) is 0 Å². The quantitative estimate of drug-likeness (QED) is 0.207. The summed E-state index contributed by atoms with van der Waals surface area (Å²) in [5, 5.41) is 5.51. The third-order valence-electron chi connectivity index (χ3n) is 7.19. The molecule has 0 fully saturated rings. The van der Waals surface area contributed by atoms with E-state index in [1.54, 1.807) is 6.20 Å². The lowest BCUT2D eigenvalue weighted by atomic mass is 9.91. The molecular weight excluding hydrogens is 452 g/mol. The molecule has 0 saturated heterocycles. The molecule has 1 aromatic carbocycles. The van der Waals surface area contributed by atoms with Gasteiger partial charge in [0.1, 0.15) is 5.82 Å². The molecule has 0 amide bonds. The van der Waals surface area contributed by atoms with Crippen molar-refractivity contribution in [1.82, 2.24) is 9.97 Å². The van der Waals surface area contributed by atoms with E-state index in [9.17, 15) is 0 Å². The smallest absolute Gasteiger partial charge is 0.123 e. The summed E-state index contributed by atoms with van der Waals surface area (Å²) in [5.74, 6) is 1.34. The first-order valence-electron chi connectivity index (χ1n) is 13.5. The molecule has 0 saturated carbocycles. The molecule has 0 aliphatic carbocycles. The Bertz CT molecular complexity index is 1050. The number of halogens is 1. The van der Waals surface area contributed by atoms with Crippen molar-refractivity contribution in [2.45, 2.75) is 97.4 Å². The van der Waals surface area contributed by atoms with Crippen LogP contribution in [0.4, 0.5) is 11.5 Å². The number of nitrogens with two attached hydrogens (primary N) is 1. The number of unbranched alkanes of at least 4 members (excludes halogenated alkanes) is 5. The number of fused-ring (bicyclic) bond motifs is 1. The summed E-state index contributed by atoms with van der Waals surface area (Å²) in [6.45, 7) is 6.60. The van der Waals surface area contributed by atoms with Crippen molar-refractivity contribution in [2.24, 2.45) is 5.92 Å². The molecule has 3 aromatic rings. The molecule has 0 spiro atoms. The Hall–Kier alpha value is -2.33. The summed E-state index contributed by atoms with van der Waals surface area (Å²) in [7, 11) is 0. The number of hydrogen-bond acceptors (Lipinski definition) is 4. The maximum atomic E-state index is 6.13. The number of aromatic nitrogens is 2. The zero-order valence-corrected chi connectivity index (χ0v) is 22.6. The van der Waals surface area contributed by atoms with E-state index in [-0.39, 0.29) is 0 Å². The van der Waals surface area contributed by atoms with E-state index in [1.807, 2.05) is 19.1 Å². The molecule has 0 aliphatic heterocycles. The van der Waals surface area contributed by atoms with Gasteiger partial charge in [-0.3, -0.25) is 4.98 Å². The van der Waals surface area contributed by atoms with Crippen LogP contribution in [-0.2, 0) is 6.42 Å². The molecule has 0 bridgehead atoms. The normalized spacial score (nSPS) is 13.1. The molecule has 4 nitrogen and oxygen atoms in total. The highest BCUT2D eigenvalue weighted by Gasteiger charge is 2.10. The summed E-state index contributed by atoms with van der Waals surface area (Å²) in [4.78, 5) is 8.77. The zero-order chi connectivity index (χ0) is 25.0. The van der Waals surface area contributed by atoms with Crippen LogP contribution in [0.2, 0.25) is 5.02 Å². The van der Waals surface area contributed by atoms with Crippen LogP contribution in [0.25, 0.3) is 10.9 Å². The first-order valence-corrected chi connectivity index (χ1v) is 13.9. The van der Waals surface area contributed by atoms with Gasteiger partial charge in [0.15, 0.2) is 0 Å². The van der Waals surface area contributed by atoms with Gasteiger partial charge in [-0.2, -0.15) is 0 Å². The fourth-order valence-electron chi connectivity index (χ4n) is 4.93. The summed E-state index contributed by atoms with van der Waals surface area (Å²) >= 11 is 6.13. The number of aryl methyl sites for hydroxylation is 1. The number of benzene rings is 1. The molecule has 190 valence electrons. The van der Waals surface area contributed by atoms with Crippen LogP contribution in [0.5, 0.6) is 0 Å². The van der Waals surface area contributed by atoms with Crippen molar-refractivity contribution in [1.29, 1.82) is 0 Å². The number of hydrogen-bond donors (Lipinski definition) is 2. The highest BCUT2D eigenvalue weighted by molar-refractivity contribution is 6.31. The van der Waals surface area contributed by atoms with Crippen LogP contribution < -0.4 is 11.1 Å². The molecular formula is C30H43ClN4. The standard InChI is InChI=1S/C30H43ClN4/c1-4-23(18-24-14-15-29-25(19-24)20-26(31)21-33-29)12-10-8-6-7-9-11-13-27(5-2)35-28-16-17-30(32)34-22(28)3/h14-17,19-21,23,27,35H,4-13,18H2,1-3H3,(H2,32,34). The van der Waals surface area contributed by atoms with E-state index in [0.717, 1.165) is 41.0 Å². The predicted octanol–water partition coefficient (Wildman–Crippen LogP) is 8.75. The van der Waals surface area contributed by atoms with Gasteiger partial charge < -0.3 is 11.1 Å². The Morgan fingerprint density at radius 3 is 2.37 bits per heavy atom. The second-order valence-electron chi connectivity index (χ2n) is 9.98. The van der Waals surface area contributed by atoms with Crippen LogP contribution in [0, 0.1) is 12.8 Å². The minimum absolute atomic E-state index is 0.506. The summed E-state index contributed by atoms with van der Waals surface area (Å²) in [6.07, 6.45) is 15.7. The summed E-state index contributed by atoms with van der Waals surface area (Å²) in [6, 6.07) is 13.1. The number of nitrogens with zero attached hydrogens (tertiary/aromatic N) is 2. The van der Waals surface area contributed by atoms with Gasteiger partial charge in [0.2, 0.25) is 0 Å². The topological polar surface area (TPSA) is 63.8 Å². The lowest BCUT2D eigenvalue weighted by molar-refractivity contribution is 0.434. The molecule has 2 atom stereocenters. The van der Waals surface area contributed by atoms with Crippen molar-refractivity contribution in [3.8, 4) is 0 Å². The largest absolute Gasteiger partial charge is 0.384 e. The van der Waals surface area contributed by atoms with Crippen LogP contribution in [0.3, 0.4) is 0 Å². The van der Waals surface area contributed by atoms with Crippen LogP contribution in [-0.4, -0.2) is 16.0 Å². The average molecular weight is 495 g/mol. The lowest BCUT2D eigenvalue weighted by Gasteiger charge is -2.19. The molecule has 2 heterocycles. The molecule has 3 N–H and O–H groups in total. The second kappa shape index (κ2) is 14.3. The SMILES string of the molecule is CCC(CCCCCCCCC(CC)Nc1ccc(N)nc1C)Cc1ccc2ncc(Cl)cc2c1. The van der Waals surface area contributed by atoms with Gasteiger partial charge >= 0.3 is 0 Å². The number of pyridine rings is 2. The Labute approximate surface area is 217 Å². The first kappa shape index (κ1) is 27.3. The van der Waals surface area contributed by atoms with E-state index in [0.29, 0.717) is 16.9 Å². The van der Waals surface area contributed by atoms with E-state index in [2.05, 4.69) is 53.4 Å². The molecule has 0 radical (unpaired) electrons. The summed E-state index contributed by atoms with van der Waals surface area (Å²) in [5.41, 5.74) is 10.3. The van der Waals surface area contributed by atoms with Gasteiger partial charge in [0.05, 0.1) is 21.9 Å². The molecule has 5 heteroatoms. The third kappa shape index (κ3) is 9.00. The Kier molecular flexibility index (Phi) is 11.1. The summed E-state index contributed by atoms with van der Waals surface area (Å²) < 4.78 is 0. The van der Waals surface area contributed by atoms with Gasteiger partial charge in [-0.1, -0.05) is 82.9 Å². The molecule has 2 unspecified atom stereocenters. The van der Waals surface area contributed by atoms with Crippen molar-refractivity contribution in [3.05, 3.63) is 58.9 Å². The van der Waals surface area contributed by atoms with Crippen LogP contribution in [0.1, 0.15) is 89.3 Å². The Balaban J connectivity index is 1.29. The van der Waals surface area contributed by atoms with Crippen LogP contribution >= 0.6 is 11.6 Å². The molecule has 3 rings (SSSR count). The highest BCUT2D eigenvalue weighted by Crippen LogP contribution is 2.24. The van der Waals surface area contributed by atoms with Gasteiger partial charge in [-0.25, -0.2) is 4.98 Å². The predicted molar refractivity (Wildman–Crippen MR) is 152 cm³/mol. The number of nitrogens with one attached hydrogen (secondary N) is 1. The third-order valence-corrected chi connectivity index (χ3v) is 7.40.